The Hall–Kier alpha value is -1.14. The first-order valence-electron chi connectivity index (χ1n) is 8.27. The molecule has 1 aromatic carbocycles. The van der Waals surface area contributed by atoms with Crippen molar-refractivity contribution in [3.63, 3.8) is 0 Å². The fourth-order valence-electron chi connectivity index (χ4n) is 3.56. The van der Waals surface area contributed by atoms with Crippen molar-refractivity contribution in [2.24, 2.45) is 0 Å². The summed E-state index contributed by atoms with van der Waals surface area (Å²) in [7, 11) is -3.07. The van der Waals surface area contributed by atoms with E-state index in [1.807, 2.05) is 6.07 Å². The van der Waals surface area contributed by atoms with Crippen LogP contribution in [0.25, 0.3) is 0 Å². The van der Waals surface area contributed by atoms with Crippen LogP contribution in [0.5, 0.6) is 0 Å². The molecule has 23 heavy (non-hydrogen) atoms. The zero-order chi connectivity index (χ0) is 16.7. The van der Waals surface area contributed by atoms with Crippen molar-refractivity contribution in [3.8, 4) is 0 Å². The predicted octanol–water partition coefficient (Wildman–Crippen LogP) is 2.43. The molecule has 0 amide bonds. The summed E-state index contributed by atoms with van der Waals surface area (Å²) < 4.78 is 37.9. The zero-order valence-corrected chi connectivity index (χ0v) is 14.7. The largest absolute Gasteiger partial charge is 0.371 e. The summed E-state index contributed by atoms with van der Waals surface area (Å²) in [5.74, 6) is -0.0475. The molecule has 2 aliphatic heterocycles. The molecule has 1 aromatic rings. The van der Waals surface area contributed by atoms with Crippen LogP contribution in [0.15, 0.2) is 18.2 Å². The normalized spacial score (nSPS) is 24.0. The maximum atomic E-state index is 14.4. The van der Waals surface area contributed by atoms with E-state index in [2.05, 4.69) is 9.80 Å². The van der Waals surface area contributed by atoms with Gasteiger partial charge in [0.1, 0.15) is 5.82 Å². The number of benzene rings is 1. The van der Waals surface area contributed by atoms with Gasteiger partial charge >= 0.3 is 0 Å². The molecule has 0 radical (unpaired) electrons. The molecule has 6 heteroatoms. The Morgan fingerprint density at radius 2 is 1.87 bits per heavy atom. The molecule has 2 aliphatic rings. The van der Waals surface area contributed by atoms with E-state index in [9.17, 15) is 12.8 Å². The minimum atomic E-state index is -3.07. The average Bonchev–Trinajstić information content (AvgIpc) is 2.99. The number of sulfone groups is 1. The topological polar surface area (TPSA) is 40.6 Å². The lowest BCUT2D eigenvalue weighted by Gasteiger charge is -2.38. The second-order valence-corrected chi connectivity index (χ2v) is 9.96. The molecule has 2 saturated heterocycles. The van der Waals surface area contributed by atoms with Gasteiger partial charge in [-0.2, -0.15) is 0 Å². The number of anilines is 1. The van der Waals surface area contributed by atoms with Gasteiger partial charge in [-0.3, -0.25) is 4.90 Å². The Labute approximate surface area is 138 Å². The van der Waals surface area contributed by atoms with E-state index in [0.29, 0.717) is 25.2 Å². The van der Waals surface area contributed by atoms with Gasteiger partial charge in [0.2, 0.25) is 0 Å². The molecule has 0 atom stereocenters. The van der Waals surface area contributed by atoms with E-state index in [0.717, 1.165) is 31.6 Å². The number of nitrogens with zero attached hydrogens (tertiary/aromatic N) is 2. The van der Waals surface area contributed by atoms with Crippen molar-refractivity contribution >= 4 is 15.5 Å². The molecule has 0 saturated carbocycles. The van der Waals surface area contributed by atoms with Crippen LogP contribution in [0.4, 0.5) is 10.1 Å². The molecule has 0 spiro atoms. The lowest BCUT2D eigenvalue weighted by molar-refractivity contribution is 0.239. The van der Waals surface area contributed by atoms with Gasteiger partial charge < -0.3 is 4.90 Å². The lowest BCUT2D eigenvalue weighted by Crippen LogP contribution is -2.52. The molecule has 2 heterocycles. The quantitative estimate of drug-likeness (QED) is 0.847. The molecule has 2 fully saturated rings. The second kappa shape index (κ2) is 6.06. The standard InChI is InChI=1S/C17H25FN2O2S/c1-17(2)13-19(10-11-23(17,21)22)12-14-15(18)6-5-7-16(14)20-8-3-4-9-20/h5-7H,3-4,8-13H2,1-2H3. The molecule has 4 nitrogen and oxygen atoms in total. The van der Waals surface area contributed by atoms with E-state index in [4.69, 9.17) is 0 Å². The zero-order valence-electron chi connectivity index (χ0n) is 13.9. The monoisotopic (exact) mass is 340 g/mol. The third-order valence-corrected chi connectivity index (χ3v) is 7.58. The summed E-state index contributed by atoms with van der Waals surface area (Å²) in [5.41, 5.74) is 1.67. The van der Waals surface area contributed by atoms with Crippen molar-refractivity contribution in [2.45, 2.75) is 38.0 Å². The summed E-state index contributed by atoms with van der Waals surface area (Å²) in [6, 6.07) is 5.24. The number of rotatable bonds is 3. The van der Waals surface area contributed by atoms with Crippen molar-refractivity contribution in [1.29, 1.82) is 0 Å². The fourth-order valence-corrected chi connectivity index (χ4v) is 4.99. The minimum Gasteiger partial charge on any atom is -0.371 e. The van der Waals surface area contributed by atoms with E-state index < -0.39 is 14.6 Å². The minimum absolute atomic E-state index is 0.146. The summed E-state index contributed by atoms with van der Waals surface area (Å²) >= 11 is 0. The number of halogens is 1. The van der Waals surface area contributed by atoms with Crippen LogP contribution in [0.2, 0.25) is 0 Å². The van der Waals surface area contributed by atoms with Gasteiger partial charge in [0.05, 0.1) is 10.5 Å². The van der Waals surface area contributed by atoms with E-state index in [1.165, 1.54) is 6.07 Å². The average molecular weight is 340 g/mol. The highest BCUT2D eigenvalue weighted by Crippen LogP contribution is 2.30. The number of hydrogen-bond acceptors (Lipinski definition) is 4. The van der Waals surface area contributed by atoms with Crippen molar-refractivity contribution in [2.75, 3.05) is 36.8 Å². The maximum Gasteiger partial charge on any atom is 0.157 e. The van der Waals surface area contributed by atoms with Crippen LogP contribution < -0.4 is 4.90 Å². The Morgan fingerprint density at radius 1 is 1.17 bits per heavy atom. The molecular weight excluding hydrogens is 315 g/mol. The molecular formula is C17H25FN2O2S. The highest BCUT2D eigenvalue weighted by atomic mass is 32.2. The fraction of sp³-hybridized carbons (Fsp3) is 0.647. The summed E-state index contributed by atoms with van der Waals surface area (Å²) in [6.45, 7) is 6.85. The first-order valence-corrected chi connectivity index (χ1v) is 9.92. The van der Waals surface area contributed by atoms with Gasteiger partial charge in [-0.1, -0.05) is 6.07 Å². The summed E-state index contributed by atoms with van der Waals surface area (Å²) in [4.78, 5) is 4.31. The Bertz CT molecular complexity index is 682. The SMILES string of the molecule is CC1(C)CN(Cc2c(F)cccc2N2CCCC2)CCS1(=O)=O. The van der Waals surface area contributed by atoms with Gasteiger partial charge in [-0.25, -0.2) is 12.8 Å². The molecule has 0 bridgehead atoms. The van der Waals surface area contributed by atoms with Gasteiger partial charge in [0.15, 0.2) is 9.84 Å². The smallest absolute Gasteiger partial charge is 0.157 e. The summed E-state index contributed by atoms with van der Waals surface area (Å²) in [5, 5.41) is 0. The highest BCUT2D eigenvalue weighted by molar-refractivity contribution is 7.92. The Kier molecular flexibility index (Phi) is 4.40. The van der Waals surface area contributed by atoms with E-state index in [-0.39, 0.29) is 11.6 Å². The third-order valence-electron chi connectivity index (χ3n) is 5.05. The highest BCUT2D eigenvalue weighted by Gasteiger charge is 2.40. The molecule has 0 aromatic heterocycles. The van der Waals surface area contributed by atoms with Crippen molar-refractivity contribution in [3.05, 3.63) is 29.6 Å². The van der Waals surface area contributed by atoms with Crippen LogP contribution in [-0.2, 0) is 16.4 Å². The second-order valence-electron chi connectivity index (χ2n) is 7.22. The Balaban J connectivity index is 1.83. The van der Waals surface area contributed by atoms with Gasteiger partial charge in [-0.15, -0.1) is 0 Å². The molecule has 3 rings (SSSR count). The Morgan fingerprint density at radius 3 is 2.52 bits per heavy atom. The van der Waals surface area contributed by atoms with Gasteiger partial charge in [-0.05, 0) is 38.8 Å². The number of hydrogen-bond donors (Lipinski definition) is 0. The van der Waals surface area contributed by atoms with Crippen LogP contribution in [-0.4, -0.2) is 50.0 Å². The third kappa shape index (κ3) is 3.24. The van der Waals surface area contributed by atoms with Crippen LogP contribution in [0.3, 0.4) is 0 Å². The molecule has 0 aliphatic carbocycles. The first-order chi connectivity index (χ1) is 10.8. The van der Waals surface area contributed by atoms with E-state index >= 15 is 0 Å². The van der Waals surface area contributed by atoms with Gasteiger partial charge in [0, 0.05) is 44.0 Å². The van der Waals surface area contributed by atoms with Crippen LogP contribution in [0, 0.1) is 5.82 Å². The summed E-state index contributed by atoms with van der Waals surface area (Å²) in [6.07, 6.45) is 2.29. The van der Waals surface area contributed by atoms with Crippen molar-refractivity contribution < 1.29 is 12.8 Å². The maximum absolute atomic E-state index is 14.4. The lowest BCUT2D eigenvalue weighted by atomic mass is 10.1. The van der Waals surface area contributed by atoms with Crippen LogP contribution in [0.1, 0.15) is 32.3 Å². The van der Waals surface area contributed by atoms with Crippen molar-refractivity contribution in [1.82, 2.24) is 4.90 Å². The first kappa shape index (κ1) is 16.7. The molecule has 0 N–H and O–H groups in total. The molecule has 0 unspecified atom stereocenters. The van der Waals surface area contributed by atoms with E-state index in [1.54, 1.807) is 19.9 Å². The predicted molar refractivity (Wildman–Crippen MR) is 91.0 cm³/mol. The van der Waals surface area contributed by atoms with Gasteiger partial charge in [0.25, 0.3) is 0 Å². The van der Waals surface area contributed by atoms with Crippen LogP contribution >= 0.6 is 0 Å². The molecule has 128 valence electrons.